The molecule has 9 nitrogen and oxygen atoms in total. The lowest BCUT2D eigenvalue weighted by atomic mass is 10.2. The van der Waals surface area contributed by atoms with E-state index in [0.29, 0.717) is 28.2 Å². The number of rotatable bonds is 5. The summed E-state index contributed by atoms with van der Waals surface area (Å²) < 4.78 is 43.3. The fourth-order valence-electron chi connectivity index (χ4n) is 2.59. The SMILES string of the molecule is O=C(NCc1ccc(C(F)(F)F)nc1)Nc1ccc(Oc2ncnc3[nH]cnc23)cc1. The first-order chi connectivity index (χ1) is 14.9. The van der Waals surface area contributed by atoms with Crippen molar-refractivity contribution in [3.05, 3.63) is 66.5 Å². The zero-order valence-corrected chi connectivity index (χ0v) is 15.6. The first-order valence-electron chi connectivity index (χ1n) is 8.87. The number of anilines is 1. The average molecular weight is 429 g/mol. The molecule has 0 unspecified atom stereocenters. The van der Waals surface area contributed by atoms with Crippen LogP contribution in [0.5, 0.6) is 11.6 Å². The van der Waals surface area contributed by atoms with E-state index in [1.165, 1.54) is 18.7 Å². The molecule has 3 N–H and O–H groups in total. The van der Waals surface area contributed by atoms with E-state index in [1.807, 2.05) is 0 Å². The molecular weight excluding hydrogens is 415 g/mol. The molecule has 31 heavy (non-hydrogen) atoms. The number of aromatic amines is 1. The van der Waals surface area contributed by atoms with Gasteiger partial charge in [0.1, 0.15) is 17.8 Å². The second-order valence-corrected chi connectivity index (χ2v) is 6.26. The summed E-state index contributed by atoms with van der Waals surface area (Å²) in [6.45, 7) is 0.0194. The zero-order chi connectivity index (χ0) is 21.8. The predicted molar refractivity (Wildman–Crippen MR) is 103 cm³/mol. The molecule has 0 spiro atoms. The van der Waals surface area contributed by atoms with Crippen molar-refractivity contribution in [1.29, 1.82) is 0 Å². The van der Waals surface area contributed by atoms with Crippen molar-refractivity contribution < 1.29 is 22.7 Å². The number of imidazole rings is 1. The fraction of sp³-hybridized carbons (Fsp3) is 0.105. The minimum Gasteiger partial charge on any atom is -0.437 e. The van der Waals surface area contributed by atoms with Crippen LogP contribution < -0.4 is 15.4 Å². The largest absolute Gasteiger partial charge is 0.437 e. The Morgan fingerprint density at radius 3 is 2.55 bits per heavy atom. The Balaban J connectivity index is 1.31. The number of pyridine rings is 1. The molecule has 0 aliphatic rings. The van der Waals surface area contributed by atoms with Gasteiger partial charge in [0.05, 0.1) is 6.33 Å². The molecule has 3 aromatic heterocycles. The molecule has 4 rings (SSSR count). The Bertz CT molecular complexity index is 1190. The molecule has 4 aromatic rings. The predicted octanol–water partition coefficient (Wildman–Crippen LogP) is 3.88. The van der Waals surface area contributed by atoms with Crippen molar-refractivity contribution in [2.45, 2.75) is 12.7 Å². The maximum Gasteiger partial charge on any atom is 0.433 e. The van der Waals surface area contributed by atoms with Gasteiger partial charge in [-0.2, -0.15) is 18.2 Å². The highest BCUT2D eigenvalue weighted by molar-refractivity contribution is 5.89. The molecule has 0 radical (unpaired) electrons. The number of urea groups is 1. The highest BCUT2D eigenvalue weighted by Gasteiger charge is 2.31. The summed E-state index contributed by atoms with van der Waals surface area (Å²) in [5.74, 6) is 0.764. The number of aromatic nitrogens is 5. The van der Waals surface area contributed by atoms with E-state index in [2.05, 4.69) is 35.6 Å². The lowest BCUT2D eigenvalue weighted by molar-refractivity contribution is -0.141. The van der Waals surface area contributed by atoms with Crippen molar-refractivity contribution in [3.8, 4) is 11.6 Å². The second-order valence-electron chi connectivity index (χ2n) is 6.26. The molecule has 12 heteroatoms. The number of fused-ring (bicyclic) bond motifs is 1. The molecule has 0 aliphatic carbocycles. The number of nitrogens with zero attached hydrogens (tertiary/aromatic N) is 4. The van der Waals surface area contributed by atoms with Gasteiger partial charge >= 0.3 is 12.2 Å². The highest BCUT2D eigenvalue weighted by Crippen LogP contribution is 2.27. The van der Waals surface area contributed by atoms with Gasteiger partial charge in [0.2, 0.25) is 0 Å². The number of H-pyrrole nitrogens is 1. The Kier molecular flexibility index (Phi) is 5.35. The van der Waals surface area contributed by atoms with Crippen molar-refractivity contribution in [3.63, 3.8) is 0 Å². The monoisotopic (exact) mass is 429 g/mol. The number of carbonyl (C=O) groups excluding carboxylic acids is 1. The summed E-state index contributed by atoms with van der Waals surface area (Å²) in [5, 5.41) is 5.16. The molecule has 2 amide bonds. The normalized spacial score (nSPS) is 11.3. The number of halogens is 3. The van der Waals surface area contributed by atoms with E-state index in [0.717, 1.165) is 12.3 Å². The third-order valence-corrected chi connectivity index (χ3v) is 4.08. The van der Waals surface area contributed by atoms with Crippen molar-refractivity contribution in [2.24, 2.45) is 0 Å². The fourth-order valence-corrected chi connectivity index (χ4v) is 2.59. The van der Waals surface area contributed by atoms with E-state index in [1.54, 1.807) is 24.3 Å². The maximum absolute atomic E-state index is 12.5. The highest BCUT2D eigenvalue weighted by atomic mass is 19.4. The smallest absolute Gasteiger partial charge is 0.433 e. The number of hydrogen-bond donors (Lipinski definition) is 3. The number of ether oxygens (including phenoxy) is 1. The lowest BCUT2D eigenvalue weighted by Gasteiger charge is -2.10. The summed E-state index contributed by atoms with van der Waals surface area (Å²) >= 11 is 0. The van der Waals surface area contributed by atoms with E-state index in [9.17, 15) is 18.0 Å². The van der Waals surface area contributed by atoms with Crippen LogP contribution in [0.15, 0.2) is 55.2 Å². The summed E-state index contributed by atoms with van der Waals surface area (Å²) in [6, 6.07) is 8.11. The topological polar surface area (TPSA) is 118 Å². The summed E-state index contributed by atoms with van der Waals surface area (Å²) in [6.07, 6.45) is -0.601. The van der Waals surface area contributed by atoms with Gasteiger partial charge in [-0.15, -0.1) is 0 Å². The molecule has 3 heterocycles. The quantitative estimate of drug-likeness (QED) is 0.443. The molecule has 1 aromatic carbocycles. The number of nitrogens with one attached hydrogen (secondary N) is 3. The van der Waals surface area contributed by atoms with Crippen molar-refractivity contribution in [1.82, 2.24) is 30.2 Å². The summed E-state index contributed by atoms with van der Waals surface area (Å²) in [5.41, 5.74) is 0.965. The summed E-state index contributed by atoms with van der Waals surface area (Å²) in [7, 11) is 0. The maximum atomic E-state index is 12.5. The van der Waals surface area contributed by atoms with Crippen LogP contribution in [0.2, 0.25) is 0 Å². The molecule has 158 valence electrons. The van der Waals surface area contributed by atoms with Crippen LogP contribution in [0.4, 0.5) is 23.7 Å². The third kappa shape index (κ3) is 4.86. The van der Waals surface area contributed by atoms with E-state index in [4.69, 9.17) is 4.74 Å². The van der Waals surface area contributed by atoms with E-state index in [-0.39, 0.29) is 12.4 Å². The van der Waals surface area contributed by atoms with Crippen LogP contribution in [-0.4, -0.2) is 31.0 Å². The van der Waals surface area contributed by atoms with Crippen LogP contribution in [0.1, 0.15) is 11.3 Å². The first-order valence-corrected chi connectivity index (χ1v) is 8.87. The first kappa shape index (κ1) is 20.1. The molecule has 0 aliphatic heterocycles. The second kappa shape index (κ2) is 8.26. The van der Waals surface area contributed by atoms with Gasteiger partial charge in [0.15, 0.2) is 11.2 Å². The van der Waals surface area contributed by atoms with Gasteiger partial charge in [0, 0.05) is 18.4 Å². The van der Waals surface area contributed by atoms with Crippen LogP contribution >= 0.6 is 0 Å². The van der Waals surface area contributed by atoms with Crippen LogP contribution in [0.3, 0.4) is 0 Å². The minimum absolute atomic E-state index is 0.0194. The van der Waals surface area contributed by atoms with Crippen LogP contribution in [0, 0.1) is 0 Å². The average Bonchev–Trinajstić information content (AvgIpc) is 3.23. The number of carbonyl (C=O) groups is 1. The lowest BCUT2D eigenvalue weighted by Crippen LogP contribution is -2.28. The van der Waals surface area contributed by atoms with Gasteiger partial charge < -0.3 is 20.4 Å². The zero-order valence-electron chi connectivity index (χ0n) is 15.6. The molecule has 0 bridgehead atoms. The van der Waals surface area contributed by atoms with Crippen molar-refractivity contribution in [2.75, 3.05) is 5.32 Å². The molecule has 0 fully saturated rings. The molecular formula is C19H14F3N7O2. The minimum atomic E-state index is -4.50. The van der Waals surface area contributed by atoms with E-state index >= 15 is 0 Å². The van der Waals surface area contributed by atoms with Crippen LogP contribution in [0.25, 0.3) is 11.2 Å². The van der Waals surface area contributed by atoms with Gasteiger partial charge in [-0.1, -0.05) is 6.07 Å². The number of hydrogen-bond acceptors (Lipinski definition) is 6. The summed E-state index contributed by atoms with van der Waals surface area (Å²) in [4.78, 5) is 30.4. The molecule has 0 atom stereocenters. The number of amides is 2. The van der Waals surface area contributed by atoms with Gasteiger partial charge in [-0.25, -0.2) is 14.8 Å². The Morgan fingerprint density at radius 1 is 1.03 bits per heavy atom. The van der Waals surface area contributed by atoms with Gasteiger partial charge in [-0.3, -0.25) is 4.98 Å². The van der Waals surface area contributed by atoms with Gasteiger partial charge in [0.25, 0.3) is 5.88 Å². The Labute approximate surface area is 172 Å². The van der Waals surface area contributed by atoms with Crippen molar-refractivity contribution >= 4 is 22.9 Å². The van der Waals surface area contributed by atoms with Gasteiger partial charge in [-0.05, 0) is 35.9 Å². The van der Waals surface area contributed by atoms with E-state index < -0.39 is 17.9 Å². The Hall–Kier alpha value is -4.22. The number of alkyl halides is 3. The molecule has 0 saturated heterocycles. The third-order valence-electron chi connectivity index (χ3n) is 4.08. The standard InChI is InChI=1S/C19H14F3N7O2/c20-19(21,22)14-6-1-11(7-23-14)8-24-18(30)29-12-2-4-13(5-3-12)31-17-15-16(26-9-25-15)27-10-28-17/h1-7,9-10H,8H2,(H2,24,29,30)(H,25,26,27,28). The van der Waals surface area contributed by atoms with Crippen LogP contribution in [-0.2, 0) is 12.7 Å². The number of benzene rings is 1. The molecule has 0 saturated carbocycles. The Morgan fingerprint density at radius 2 is 1.84 bits per heavy atom.